The Balaban J connectivity index is 1.64. The summed E-state index contributed by atoms with van der Waals surface area (Å²) >= 11 is 6.04. The predicted molar refractivity (Wildman–Crippen MR) is 112 cm³/mol. The largest absolute Gasteiger partial charge is 0.478 e. The molecule has 5 heteroatoms. The lowest BCUT2D eigenvalue weighted by Crippen LogP contribution is -2.30. The first-order chi connectivity index (χ1) is 13.9. The van der Waals surface area contributed by atoms with Gasteiger partial charge in [0.1, 0.15) is 0 Å². The second kappa shape index (κ2) is 6.19. The van der Waals surface area contributed by atoms with E-state index in [1.54, 1.807) is 24.0 Å². The molecule has 0 radical (unpaired) electrons. The number of para-hydroxylation sites is 1. The molecule has 0 unspecified atom stereocenters. The topological polar surface area (TPSA) is 57.6 Å². The summed E-state index contributed by atoms with van der Waals surface area (Å²) in [6, 6.07) is 20.6. The fourth-order valence-electron chi connectivity index (χ4n) is 4.70. The summed E-state index contributed by atoms with van der Waals surface area (Å²) in [4.78, 5) is 27.1. The molecular weight excluding hydrogens is 386 g/mol. The molecule has 3 aromatic rings. The summed E-state index contributed by atoms with van der Waals surface area (Å²) in [5.74, 6) is -0.907. The molecule has 0 bridgehead atoms. The van der Waals surface area contributed by atoms with Crippen LogP contribution >= 0.6 is 11.6 Å². The number of aromatic carboxylic acids is 1. The van der Waals surface area contributed by atoms with Crippen LogP contribution in [0.15, 0.2) is 66.7 Å². The van der Waals surface area contributed by atoms with E-state index < -0.39 is 11.4 Å². The fraction of sp³-hybridized carbons (Fsp3) is 0.167. The Morgan fingerprint density at radius 2 is 1.72 bits per heavy atom. The van der Waals surface area contributed by atoms with Gasteiger partial charge in [-0.25, -0.2) is 4.79 Å². The number of carboxylic acid groups (broad SMARTS) is 1. The van der Waals surface area contributed by atoms with Gasteiger partial charge in [0.15, 0.2) is 0 Å². The average molecular weight is 404 g/mol. The Bertz CT molecular complexity index is 1170. The van der Waals surface area contributed by atoms with Crippen molar-refractivity contribution in [3.63, 3.8) is 0 Å². The molecule has 4 nitrogen and oxygen atoms in total. The van der Waals surface area contributed by atoms with Crippen LogP contribution in [0.25, 0.3) is 0 Å². The Morgan fingerprint density at radius 3 is 2.45 bits per heavy atom. The van der Waals surface area contributed by atoms with Crippen molar-refractivity contribution in [3.05, 3.63) is 94.0 Å². The van der Waals surface area contributed by atoms with Crippen molar-refractivity contribution < 1.29 is 14.7 Å². The maximum atomic E-state index is 13.8. The predicted octanol–water partition coefficient (Wildman–Crippen LogP) is 5.45. The van der Waals surface area contributed by atoms with E-state index in [0.717, 1.165) is 23.2 Å². The smallest absolute Gasteiger partial charge is 0.336 e. The van der Waals surface area contributed by atoms with Gasteiger partial charge in [0, 0.05) is 10.9 Å². The quantitative estimate of drug-likeness (QED) is 0.632. The highest BCUT2D eigenvalue weighted by Crippen LogP contribution is 2.67. The van der Waals surface area contributed by atoms with Crippen LogP contribution in [0.2, 0.25) is 5.02 Å². The van der Waals surface area contributed by atoms with Gasteiger partial charge in [-0.3, -0.25) is 9.69 Å². The van der Waals surface area contributed by atoms with Crippen LogP contribution in [0.1, 0.15) is 39.4 Å². The summed E-state index contributed by atoms with van der Waals surface area (Å²) in [6.07, 6.45) is 0.735. The summed E-state index contributed by atoms with van der Waals surface area (Å²) in [5.41, 5.74) is 3.75. The van der Waals surface area contributed by atoms with Gasteiger partial charge in [-0.1, -0.05) is 48.0 Å². The Labute approximate surface area is 173 Å². The molecule has 1 N–H and O–H groups in total. The van der Waals surface area contributed by atoms with Gasteiger partial charge in [0.2, 0.25) is 5.91 Å². The van der Waals surface area contributed by atoms with Gasteiger partial charge in [-0.15, -0.1) is 0 Å². The average Bonchev–Trinajstić information content (AvgIpc) is 3.41. The monoisotopic (exact) mass is 403 g/mol. The van der Waals surface area contributed by atoms with Crippen LogP contribution in [-0.4, -0.2) is 17.0 Å². The zero-order chi connectivity index (χ0) is 20.3. The molecule has 144 valence electrons. The third kappa shape index (κ3) is 2.45. The lowest BCUT2D eigenvalue weighted by atomic mass is 9.92. The van der Waals surface area contributed by atoms with Gasteiger partial charge in [-0.2, -0.15) is 0 Å². The maximum absolute atomic E-state index is 13.8. The normalized spacial score (nSPS) is 22.1. The van der Waals surface area contributed by atoms with Crippen LogP contribution in [0, 0.1) is 6.92 Å². The molecule has 1 spiro atoms. The number of carbonyl (C=O) groups is 2. The Hall–Kier alpha value is -3.11. The van der Waals surface area contributed by atoms with E-state index in [0.29, 0.717) is 16.3 Å². The number of hydrogen-bond donors (Lipinski definition) is 1. The van der Waals surface area contributed by atoms with Crippen molar-refractivity contribution in [1.29, 1.82) is 0 Å². The first-order valence-corrected chi connectivity index (χ1v) is 9.85. The number of benzene rings is 3. The molecule has 5 rings (SSSR count). The molecule has 1 fully saturated rings. The fourth-order valence-corrected chi connectivity index (χ4v) is 4.83. The van der Waals surface area contributed by atoms with Crippen molar-refractivity contribution in [2.75, 3.05) is 4.90 Å². The Kier molecular flexibility index (Phi) is 3.83. The maximum Gasteiger partial charge on any atom is 0.336 e. The van der Waals surface area contributed by atoms with E-state index in [2.05, 4.69) is 0 Å². The number of rotatable bonds is 3. The van der Waals surface area contributed by atoms with Crippen molar-refractivity contribution in [2.45, 2.75) is 24.7 Å². The van der Waals surface area contributed by atoms with E-state index >= 15 is 0 Å². The van der Waals surface area contributed by atoms with Gasteiger partial charge >= 0.3 is 5.97 Å². The van der Waals surface area contributed by atoms with Crippen molar-refractivity contribution >= 4 is 34.9 Å². The first kappa shape index (κ1) is 18.0. The number of fused-ring (bicyclic) bond motifs is 2. The summed E-state index contributed by atoms with van der Waals surface area (Å²) in [7, 11) is 0. The number of amides is 1. The molecule has 0 saturated heterocycles. The zero-order valence-electron chi connectivity index (χ0n) is 15.7. The molecule has 2 atom stereocenters. The molecule has 2 aliphatic rings. The molecule has 1 saturated carbocycles. The van der Waals surface area contributed by atoms with E-state index in [-0.39, 0.29) is 17.4 Å². The number of carbonyl (C=O) groups excluding carboxylic acids is 1. The van der Waals surface area contributed by atoms with Gasteiger partial charge in [-0.05, 0) is 60.4 Å². The third-order valence-corrected chi connectivity index (χ3v) is 6.47. The minimum Gasteiger partial charge on any atom is -0.478 e. The highest BCUT2D eigenvalue weighted by atomic mass is 35.5. The number of carboxylic acids is 1. The highest BCUT2D eigenvalue weighted by Gasteiger charge is 2.67. The van der Waals surface area contributed by atoms with Crippen molar-refractivity contribution in [2.24, 2.45) is 0 Å². The lowest BCUT2D eigenvalue weighted by molar-refractivity contribution is -0.119. The van der Waals surface area contributed by atoms with Crippen LogP contribution in [0.5, 0.6) is 0 Å². The van der Waals surface area contributed by atoms with Gasteiger partial charge in [0.05, 0.1) is 22.4 Å². The first-order valence-electron chi connectivity index (χ1n) is 9.47. The Morgan fingerprint density at radius 1 is 1.03 bits per heavy atom. The summed E-state index contributed by atoms with van der Waals surface area (Å²) < 4.78 is 0. The third-order valence-electron chi connectivity index (χ3n) is 6.22. The van der Waals surface area contributed by atoms with Crippen LogP contribution in [0.3, 0.4) is 0 Å². The molecule has 0 aromatic heterocycles. The number of hydrogen-bond acceptors (Lipinski definition) is 2. The van der Waals surface area contributed by atoms with Gasteiger partial charge in [0.25, 0.3) is 0 Å². The molecule has 3 aromatic carbocycles. The lowest BCUT2D eigenvalue weighted by Gasteiger charge is -2.21. The van der Waals surface area contributed by atoms with Crippen LogP contribution < -0.4 is 4.90 Å². The van der Waals surface area contributed by atoms with E-state index in [9.17, 15) is 14.7 Å². The molecule has 1 aliphatic carbocycles. The van der Waals surface area contributed by atoms with Crippen molar-refractivity contribution in [3.8, 4) is 0 Å². The van der Waals surface area contributed by atoms with E-state index in [1.807, 2.05) is 54.6 Å². The molecule has 1 aliphatic heterocycles. The molecular formula is C24H18ClNO3. The minimum absolute atomic E-state index is 0.00397. The standard InChI is InChI=1S/C24H18ClNO3/c1-14-17(22(27)28)5-4-8-20(14)26-21-7-3-2-6-18(21)24(23(26)29)13-19(24)15-9-11-16(25)12-10-15/h2-12,19H,13H2,1H3,(H,27,28)/t19-,24-/m1/s1. The molecule has 29 heavy (non-hydrogen) atoms. The highest BCUT2D eigenvalue weighted by molar-refractivity contribution is 6.30. The summed E-state index contributed by atoms with van der Waals surface area (Å²) in [5, 5.41) is 10.2. The van der Waals surface area contributed by atoms with Crippen molar-refractivity contribution in [1.82, 2.24) is 0 Å². The number of nitrogens with zero attached hydrogens (tertiary/aromatic N) is 1. The number of anilines is 2. The van der Waals surface area contributed by atoms with Gasteiger partial charge < -0.3 is 5.11 Å². The second-order valence-electron chi connectivity index (χ2n) is 7.69. The SMILES string of the molecule is Cc1c(C(=O)O)cccc1N1C(=O)[C@]2(C[C@@H]2c2ccc(Cl)cc2)c2ccccc21. The van der Waals surface area contributed by atoms with Crippen LogP contribution in [-0.2, 0) is 10.2 Å². The molecule has 1 amide bonds. The zero-order valence-corrected chi connectivity index (χ0v) is 16.5. The second-order valence-corrected chi connectivity index (χ2v) is 8.13. The summed E-state index contributed by atoms with van der Waals surface area (Å²) in [6.45, 7) is 1.75. The van der Waals surface area contributed by atoms with E-state index in [4.69, 9.17) is 11.6 Å². The minimum atomic E-state index is -0.996. The van der Waals surface area contributed by atoms with E-state index in [1.165, 1.54) is 0 Å². The number of halogens is 1. The molecule has 1 heterocycles. The van der Waals surface area contributed by atoms with Crippen LogP contribution in [0.4, 0.5) is 11.4 Å².